The fraction of sp³-hybridized carbons (Fsp3) is 0. The lowest BCUT2D eigenvalue weighted by Crippen LogP contribution is -1.76. The van der Waals surface area contributed by atoms with Crippen molar-refractivity contribution in [3.63, 3.8) is 0 Å². The zero-order valence-electron chi connectivity index (χ0n) is 10.8. The Hall–Kier alpha value is -2.46. The summed E-state index contributed by atoms with van der Waals surface area (Å²) in [6.07, 6.45) is 0. The molecule has 0 aliphatic carbocycles. The topological polar surface area (TPSA) is 45.0 Å². The third-order valence-electron chi connectivity index (χ3n) is 2.99. The van der Waals surface area contributed by atoms with E-state index < -0.39 is 5.82 Å². The molecule has 0 atom stereocenters. The maximum absolute atomic E-state index is 13.3. The van der Waals surface area contributed by atoms with E-state index in [-0.39, 0.29) is 16.5 Å². The lowest BCUT2D eigenvalue weighted by Gasteiger charge is -2.03. The minimum absolute atomic E-state index is 0.0138. The molecule has 0 aliphatic rings. The normalized spacial score (nSPS) is 11.3. The fourth-order valence-corrected chi connectivity index (χ4v) is 2.27. The third kappa shape index (κ3) is 2.85. The second-order valence-corrected chi connectivity index (χ2v) is 4.92. The standard InChI is InChI=1S/C16H10ClFN2O/c17-11-7-12(18)9-13(8-11)19-20-16-14-4-2-1-3-10(14)5-6-15(16)21/h1-9,21H. The predicted molar refractivity (Wildman–Crippen MR) is 81.2 cm³/mol. The van der Waals surface area contributed by atoms with Crippen LogP contribution >= 0.6 is 11.6 Å². The van der Waals surface area contributed by atoms with E-state index >= 15 is 0 Å². The van der Waals surface area contributed by atoms with E-state index in [1.165, 1.54) is 18.2 Å². The van der Waals surface area contributed by atoms with E-state index in [9.17, 15) is 9.50 Å². The lowest BCUT2D eigenvalue weighted by molar-refractivity contribution is 0.477. The zero-order valence-corrected chi connectivity index (χ0v) is 11.5. The molecule has 3 aromatic rings. The minimum atomic E-state index is -0.487. The summed E-state index contributed by atoms with van der Waals surface area (Å²) in [5.74, 6) is -0.474. The summed E-state index contributed by atoms with van der Waals surface area (Å²) in [7, 11) is 0. The third-order valence-corrected chi connectivity index (χ3v) is 3.21. The fourth-order valence-electron chi connectivity index (χ4n) is 2.05. The summed E-state index contributed by atoms with van der Waals surface area (Å²) in [5.41, 5.74) is 0.626. The Labute approximate surface area is 125 Å². The number of hydrogen-bond donors (Lipinski definition) is 1. The van der Waals surface area contributed by atoms with Gasteiger partial charge in [-0.05, 0) is 23.6 Å². The molecule has 1 N–H and O–H groups in total. The summed E-state index contributed by atoms with van der Waals surface area (Å²) in [4.78, 5) is 0. The number of phenols is 1. The molecule has 3 nitrogen and oxygen atoms in total. The first-order chi connectivity index (χ1) is 10.1. The van der Waals surface area contributed by atoms with Crippen LogP contribution in [0.4, 0.5) is 15.8 Å². The van der Waals surface area contributed by atoms with Crippen molar-refractivity contribution in [2.24, 2.45) is 10.2 Å². The van der Waals surface area contributed by atoms with Crippen LogP contribution < -0.4 is 0 Å². The van der Waals surface area contributed by atoms with Crippen LogP contribution in [-0.2, 0) is 0 Å². The Balaban J connectivity index is 2.08. The van der Waals surface area contributed by atoms with Crippen molar-refractivity contribution < 1.29 is 9.50 Å². The molecule has 0 amide bonds. The molecule has 0 aromatic heterocycles. The van der Waals surface area contributed by atoms with Gasteiger partial charge in [-0.1, -0.05) is 41.9 Å². The molecule has 21 heavy (non-hydrogen) atoms. The highest BCUT2D eigenvalue weighted by atomic mass is 35.5. The highest BCUT2D eigenvalue weighted by molar-refractivity contribution is 6.30. The first-order valence-electron chi connectivity index (χ1n) is 6.22. The molecule has 0 heterocycles. The highest BCUT2D eigenvalue weighted by Gasteiger charge is 2.06. The number of aromatic hydroxyl groups is 1. The predicted octanol–water partition coefficient (Wildman–Crippen LogP) is 5.75. The van der Waals surface area contributed by atoms with Gasteiger partial charge in [0.05, 0.1) is 5.69 Å². The van der Waals surface area contributed by atoms with Gasteiger partial charge in [0, 0.05) is 16.5 Å². The summed E-state index contributed by atoms with van der Waals surface area (Å²) in [5, 5.41) is 19.9. The number of rotatable bonds is 2. The number of halogens is 2. The zero-order chi connectivity index (χ0) is 14.8. The van der Waals surface area contributed by atoms with Gasteiger partial charge in [-0.25, -0.2) is 4.39 Å². The smallest absolute Gasteiger partial charge is 0.143 e. The molecule has 0 aliphatic heterocycles. The molecule has 0 unspecified atom stereocenters. The first kappa shape index (κ1) is 13.5. The molecule has 3 aromatic carbocycles. The summed E-state index contributed by atoms with van der Waals surface area (Å²) in [6.45, 7) is 0. The Morgan fingerprint density at radius 2 is 1.76 bits per heavy atom. The van der Waals surface area contributed by atoms with Crippen LogP contribution in [0.5, 0.6) is 5.75 Å². The summed E-state index contributed by atoms with van der Waals surface area (Å²) >= 11 is 5.77. The highest BCUT2D eigenvalue weighted by Crippen LogP contribution is 2.36. The molecule has 0 fully saturated rings. The van der Waals surface area contributed by atoms with E-state index in [4.69, 9.17) is 11.6 Å². The molecular formula is C16H10ClFN2O. The molecule has 0 saturated heterocycles. The van der Waals surface area contributed by atoms with Crippen LogP contribution in [0.3, 0.4) is 0 Å². The number of nitrogens with zero attached hydrogens (tertiary/aromatic N) is 2. The van der Waals surface area contributed by atoms with Gasteiger partial charge in [-0.2, -0.15) is 5.11 Å². The van der Waals surface area contributed by atoms with E-state index in [0.717, 1.165) is 10.8 Å². The quantitative estimate of drug-likeness (QED) is 0.601. The number of fused-ring (bicyclic) bond motifs is 1. The van der Waals surface area contributed by atoms with Gasteiger partial charge in [0.2, 0.25) is 0 Å². The number of azo groups is 1. The van der Waals surface area contributed by atoms with Crippen molar-refractivity contribution in [1.82, 2.24) is 0 Å². The maximum Gasteiger partial charge on any atom is 0.143 e. The minimum Gasteiger partial charge on any atom is -0.506 e. The van der Waals surface area contributed by atoms with Gasteiger partial charge < -0.3 is 5.11 Å². The average molecular weight is 301 g/mol. The van der Waals surface area contributed by atoms with Crippen LogP contribution in [0.25, 0.3) is 10.8 Å². The van der Waals surface area contributed by atoms with Crippen molar-refractivity contribution >= 4 is 33.7 Å². The lowest BCUT2D eigenvalue weighted by atomic mass is 10.1. The molecule has 5 heteroatoms. The van der Waals surface area contributed by atoms with E-state index in [1.54, 1.807) is 12.1 Å². The number of hydrogen-bond acceptors (Lipinski definition) is 3. The largest absolute Gasteiger partial charge is 0.506 e. The monoisotopic (exact) mass is 300 g/mol. The molecule has 0 radical (unpaired) electrons. The number of phenolic OH excluding ortho intramolecular Hbond substituents is 1. The van der Waals surface area contributed by atoms with E-state index in [0.29, 0.717) is 5.69 Å². The van der Waals surface area contributed by atoms with Gasteiger partial charge in [0.15, 0.2) is 0 Å². The van der Waals surface area contributed by atoms with Crippen molar-refractivity contribution in [2.75, 3.05) is 0 Å². The Kier molecular flexibility index (Phi) is 3.54. The molecule has 0 saturated carbocycles. The van der Waals surface area contributed by atoms with Crippen LogP contribution in [0.15, 0.2) is 64.8 Å². The second kappa shape index (κ2) is 5.50. The van der Waals surface area contributed by atoms with Gasteiger partial charge in [-0.3, -0.25) is 0 Å². The van der Waals surface area contributed by atoms with Crippen molar-refractivity contribution in [1.29, 1.82) is 0 Å². The molecule has 104 valence electrons. The van der Waals surface area contributed by atoms with Gasteiger partial charge >= 0.3 is 0 Å². The maximum atomic E-state index is 13.3. The Morgan fingerprint density at radius 3 is 2.57 bits per heavy atom. The average Bonchev–Trinajstić information content (AvgIpc) is 2.45. The van der Waals surface area contributed by atoms with Crippen LogP contribution in [0, 0.1) is 5.82 Å². The van der Waals surface area contributed by atoms with Gasteiger partial charge in [0.25, 0.3) is 0 Å². The summed E-state index contributed by atoms with van der Waals surface area (Å²) < 4.78 is 13.3. The summed E-state index contributed by atoms with van der Waals surface area (Å²) in [6, 6.07) is 14.7. The Bertz CT molecular complexity index is 829. The second-order valence-electron chi connectivity index (χ2n) is 4.48. The molecular weight excluding hydrogens is 291 g/mol. The van der Waals surface area contributed by atoms with Crippen molar-refractivity contribution in [2.45, 2.75) is 0 Å². The van der Waals surface area contributed by atoms with Crippen LogP contribution in [0.1, 0.15) is 0 Å². The Morgan fingerprint density at radius 1 is 0.952 bits per heavy atom. The van der Waals surface area contributed by atoms with Gasteiger partial charge in [0.1, 0.15) is 17.3 Å². The van der Waals surface area contributed by atoms with Crippen molar-refractivity contribution in [3.8, 4) is 5.75 Å². The van der Waals surface area contributed by atoms with E-state index in [2.05, 4.69) is 10.2 Å². The van der Waals surface area contributed by atoms with Crippen LogP contribution in [-0.4, -0.2) is 5.11 Å². The molecule has 0 bridgehead atoms. The first-order valence-corrected chi connectivity index (χ1v) is 6.60. The van der Waals surface area contributed by atoms with Gasteiger partial charge in [-0.15, -0.1) is 5.11 Å². The number of benzene rings is 3. The van der Waals surface area contributed by atoms with Crippen LogP contribution in [0.2, 0.25) is 5.02 Å². The molecule has 3 rings (SSSR count). The van der Waals surface area contributed by atoms with Crippen molar-refractivity contribution in [3.05, 3.63) is 65.4 Å². The molecule has 0 spiro atoms. The van der Waals surface area contributed by atoms with E-state index in [1.807, 2.05) is 24.3 Å². The SMILES string of the molecule is Oc1ccc2ccccc2c1N=Nc1cc(F)cc(Cl)c1.